The molecule has 1 aliphatic rings. The molecule has 2 unspecified atom stereocenters. The second-order valence-electron chi connectivity index (χ2n) is 6.66. The molecule has 1 fully saturated rings. The minimum atomic E-state index is -0.604. The molecule has 110 valence electrons. The van der Waals surface area contributed by atoms with E-state index in [0.717, 1.165) is 25.7 Å². The summed E-state index contributed by atoms with van der Waals surface area (Å²) in [5, 5.41) is 9.77. The van der Waals surface area contributed by atoms with Gasteiger partial charge < -0.3 is 5.11 Å². The van der Waals surface area contributed by atoms with Crippen LogP contribution in [0.25, 0.3) is 0 Å². The number of benzene rings is 1. The van der Waals surface area contributed by atoms with Gasteiger partial charge in [0.1, 0.15) is 0 Å². The standard InChI is InChI=1S/C18H26O2/c1-5-15-6-7-18(10-15,17(19)20)11-16-13(3)8-12(2)9-14(16)4/h8-9,15H,5-7,10-11H2,1-4H3,(H,19,20). The van der Waals surface area contributed by atoms with Crippen molar-refractivity contribution in [1.82, 2.24) is 0 Å². The number of aryl methyl sites for hydroxylation is 3. The first-order chi connectivity index (χ1) is 9.38. The van der Waals surface area contributed by atoms with Crippen molar-refractivity contribution in [3.63, 3.8) is 0 Å². The van der Waals surface area contributed by atoms with Crippen LogP contribution in [0, 0.1) is 32.1 Å². The average molecular weight is 274 g/mol. The molecule has 1 saturated carbocycles. The Kier molecular flexibility index (Phi) is 4.22. The Morgan fingerprint density at radius 1 is 1.30 bits per heavy atom. The molecule has 2 nitrogen and oxygen atoms in total. The number of hydrogen-bond acceptors (Lipinski definition) is 1. The van der Waals surface area contributed by atoms with Crippen molar-refractivity contribution in [2.24, 2.45) is 11.3 Å². The lowest BCUT2D eigenvalue weighted by Gasteiger charge is -2.26. The van der Waals surface area contributed by atoms with Crippen LogP contribution in [-0.4, -0.2) is 11.1 Å². The van der Waals surface area contributed by atoms with Gasteiger partial charge in [-0.15, -0.1) is 0 Å². The topological polar surface area (TPSA) is 37.3 Å². The fraction of sp³-hybridized carbons (Fsp3) is 0.611. The Labute approximate surface area is 122 Å². The highest BCUT2D eigenvalue weighted by atomic mass is 16.4. The predicted octanol–water partition coefficient (Wildman–Crippen LogP) is 4.44. The Balaban J connectivity index is 2.33. The van der Waals surface area contributed by atoms with Gasteiger partial charge in [0.2, 0.25) is 0 Å². The van der Waals surface area contributed by atoms with Gasteiger partial charge in [-0.2, -0.15) is 0 Å². The molecule has 0 amide bonds. The van der Waals surface area contributed by atoms with Gasteiger partial charge in [0.05, 0.1) is 5.41 Å². The third-order valence-electron chi connectivity index (χ3n) is 5.10. The number of carboxylic acids is 1. The highest BCUT2D eigenvalue weighted by Crippen LogP contribution is 2.46. The Morgan fingerprint density at radius 3 is 2.35 bits per heavy atom. The number of carbonyl (C=O) groups is 1. The van der Waals surface area contributed by atoms with Crippen molar-refractivity contribution in [3.8, 4) is 0 Å². The molecule has 20 heavy (non-hydrogen) atoms. The smallest absolute Gasteiger partial charge is 0.309 e. The number of rotatable bonds is 4. The first-order valence-corrected chi connectivity index (χ1v) is 7.68. The van der Waals surface area contributed by atoms with E-state index in [-0.39, 0.29) is 0 Å². The molecule has 1 aliphatic carbocycles. The first kappa shape index (κ1) is 15.1. The van der Waals surface area contributed by atoms with Gasteiger partial charge in [0.25, 0.3) is 0 Å². The van der Waals surface area contributed by atoms with E-state index in [2.05, 4.69) is 39.8 Å². The fourth-order valence-corrected chi connectivity index (χ4v) is 3.84. The van der Waals surface area contributed by atoms with E-state index in [9.17, 15) is 9.90 Å². The van der Waals surface area contributed by atoms with Crippen molar-refractivity contribution in [2.75, 3.05) is 0 Å². The maximum atomic E-state index is 11.9. The maximum absolute atomic E-state index is 11.9. The molecular weight excluding hydrogens is 248 g/mol. The summed E-state index contributed by atoms with van der Waals surface area (Å²) >= 11 is 0. The van der Waals surface area contributed by atoms with Crippen LogP contribution in [0.15, 0.2) is 12.1 Å². The van der Waals surface area contributed by atoms with Gasteiger partial charge in [0, 0.05) is 0 Å². The molecular formula is C18H26O2. The van der Waals surface area contributed by atoms with E-state index in [1.165, 1.54) is 22.3 Å². The minimum Gasteiger partial charge on any atom is -0.481 e. The fourth-order valence-electron chi connectivity index (χ4n) is 3.84. The summed E-state index contributed by atoms with van der Waals surface area (Å²) in [5.74, 6) is -0.0232. The van der Waals surface area contributed by atoms with Crippen LogP contribution in [0.1, 0.15) is 54.9 Å². The van der Waals surface area contributed by atoms with E-state index < -0.39 is 11.4 Å². The van der Waals surface area contributed by atoms with Gasteiger partial charge in [-0.05, 0) is 69.1 Å². The average Bonchev–Trinajstić information content (AvgIpc) is 2.78. The lowest BCUT2D eigenvalue weighted by molar-refractivity contribution is -0.148. The molecule has 2 atom stereocenters. The number of aliphatic carboxylic acids is 1. The largest absolute Gasteiger partial charge is 0.481 e. The third-order valence-corrected chi connectivity index (χ3v) is 5.10. The second kappa shape index (κ2) is 5.59. The highest BCUT2D eigenvalue weighted by molar-refractivity contribution is 5.75. The summed E-state index contributed by atoms with van der Waals surface area (Å²) in [7, 11) is 0. The lowest BCUT2D eigenvalue weighted by Crippen LogP contribution is -2.31. The minimum absolute atomic E-state index is 0.536. The van der Waals surface area contributed by atoms with Crippen molar-refractivity contribution < 1.29 is 9.90 Å². The van der Waals surface area contributed by atoms with Gasteiger partial charge in [-0.1, -0.05) is 31.0 Å². The molecule has 1 N–H and O–H groups in total. The van der Waals surface area contributed by atoms with Crippen LogP contribution in [0.2, 0.25) is 0 Å². The Hall–Kier alpha value is -1.31. The molecule has 0 aromatic heterocycles. The van der Waals surface area contributed by atoms with Crippen molar-refractivity contribution in [1.29, 1.82) is 0 Å². The van der Waals surface area contributed by atoms with Crippen molar-refractivity contribution >= 4 is 5.97 Å². The van der Waals surface area contributed by atoms with Crippen molar-refractivity contribution in [2.45, 2.75) is 59.8 Å². The zero-order valence-electron chi connectivity index (χ0n) is 13.1. The van der Waals surface area contributed by atoms with Crippen LogP contribution in [0.5, 0.6) is 0 Å². The van der Waals surface area contributed by atoms with Crippen LogP contribution in [0.3, 0.4) is 0 Å². The van der Waals surface area contributed by atoms with Gasteiger partial charge >= 0.3 is 5.97 Å². The van der Waals surface area contributed by atoms with E-state index in [0.29, 0.717) is 12.3 Å². The van der Waals surface area contributed by atoms with E-state index in [4.69, 9.17) is 0 Å². The highest BCUT2D eigenvalue weighted by Gasteiger charge is 2.45. The molecule has 1 aromatic carbocycles. The first-order valence-electron chi connectivity index (χ1n) is 7.68. The zero-order chi connectivity index (χ0) is 14.9. The molecule has 0 saturated heterocycles. The van der Waals surface area contributed by atoms with Crippen LogP contribution < -0.4 is 0 Å². The monoisotopic (exact) mass is 274 g/mol. The summed E-state index contributed by atoms with van der Waals surface area (Å²) in [6, 6.07) is 4.34. The SMILES string of the molecule is CCC1CCC(Cc2c(C)cc(C)cc2C)(C(=O)O)C1. The van der Waals surface area contributed by atoms with E-state index >= 15 is 0 Å². The molecule has 2 rings (SSSR count). The molecule has 0 aliphatic heterocycles. The molecule has 0 bridgehead atoms. The van der Waals surface area contributed by atoms with Crippen LogP contribution in [-0.2, 0) is 11.2 Å². The second-order valence-corrected chi connectivity index (χ2v) is 6.66. The predicted molar refractivity (Wildman–Crippen MR) is 82.1 cm³/mol. The van der Waals surface area contributed by atoms with Crippen LogP contribution in [0.4, 0.5) is 0 Å². The van der Waals surface area contributed by atoms with E-state index in [1.54, 1.807) is 0 Å². The number of carboxylic acid groups (broad SMARTS) is 1. The van der Waals surface area contributed by atoms with E-state index in [1.807, 2.05) is 0 Å². The quantitative estimate of drug-likeness (QED) is 0.881. The Morgan fingerprint density at radius 2 is 1.90 bits per heavy atom. The van der Waals surface area contributed by atoms with Gasteiger partial charge in [-0.25, -0.2) is 0 Å². The summed E-state index contributed by atoms with van der Waals surface area (Å²) in [6.45, 7) is 8.48. The summed E-state index contributed by atoms with van der Waals surface area (Å²) in [5.41, 5.74) is 4.44. The van der Waals surface area contributed by atoms with Gasteiger partial charge in [0.15, 0.2) is 0 Å². The maximum Gasteiger partial charge on any atom is 0.309 e. The molecule has 0 heterocycles. The lowest BCUT2D eigenvalue weighted by atomic mass is 9.77. The molecule has 2 heteroatoms. The van der Waals surface area contributed by atoms with Crippen molar-refractivity contribution in [3.05, 3.63) is 34.4 Å². The zero-order valence-corrected chi connectivity index (χ0v) is 13.1. The Bertz CT molecular complexity index is 495. The summed E-state index contributed by atoms with van der Waals surface area (Å²) in [6.07, 6.45) is 4.52. The molecule has 0 spiro atoms. The summed E-state index contributed by atoms with van der Waals surface area (Å²) in [4.78, 5) is 11.9. The van der Waals surface area contributed by atoms with Crippen LogP contribution >= 0.6 is 0 Å². The molecule has 1 aromatic rings. The normalized spacial score (nSPS) is 25.9. The number of hydrogen-bond donors (Lipinski definition) is 1. The third kappa shape index (κ3) is 2.74. The molecule has 0 radical (unpaired) electrons. The van der Waals surface area contributed by atoms with Gasteiger partial charge in [-0.3, -0.25) is 4.79 Å². The summed E-state index contributed by atoms with van der Waals surface area (Å²) < 4.78 is 0.